The molecule has 0 spiro atoms. The molecule has 1 rings (SSSR count). The molecule has 0 N–H and O–H groups in total. The minimum atomic E-state index is -0.858. The molecule has 5 heteroatoms. The number of Topliss-reactive ketones (excluding diaryl/α,β-unsaturated/α-hetero) is 1. The van der Waals surface area contributed by atoms with Crippen LogP contribution < -0.4 is 0 Å². The summed E-state index contributed by atoms with van der Waals surface area (Å²) >= 11 is 0. The molecule has 0 aromatic heterocycles. The van der Waals surface area contributed by atoms with Crippen LogP contribution in [0.2, 0.25) is 0 Å². The third kappa shape index (κ3) is 1.49. The topological polar surface area (TPSA) is 66.8 Å². The molecule has 13 heavy (non-hydrogen) atoms. The van der Waals surface area contributed by atoms with E-state index >= 15 is 0 Å². The number of rotatable bonds is 1. The second-order valence-electron chi connectivity index (χ2n) is 2.95. The van der Waals surface area contributed by atoms with Gasteiger partial charge in [-0.3, -0.25) is 14.4 Å². The number of nitrogens with zero attached hydrogens (tertiary/aromatic N) is 2. The Balaban J connectivity index is 2.99. The Morgan fingerprint density at radius 2 is 1.92 bits per heavy atom. The maximum absolute atomic E-state index is 11.4. The van der Waals surface area contributed by atoms with Gasteiger partial charge in [0.2, 0.25) is 5.91 Å². The summed E-state index contributed by atoms with van der Waals surface area (Å²) < 4.78 is 0. The van der Waals surface area contributed by atoms with E-state index in [0.29, 0.717) is 5.71 Å². The van der Waals surface area contributed by atoms with E-state index in [1.807, 2.05) is 0 Å². The van der Waals surface area contributed by atoms with Crippen molar-refractivity contribution >= 4 is 23.3 Å². The van der Waals surface area contributed by atoms with Gasteiger partial charge in [0, 0.05) is 6.92 Å². The largest absolute Gasteiger partial charge is 0.299 e. The van der Waals surface area contributed by atoms with E-state index in [1.54, 1.807) is 6.92 Å². The first-order valence-corrected chi connectivity index (χ1v) is 3.85. The van der Waals surface area contributed by atoms with Crippen molar-refractivity contribution in [2.75, 3.05) is 0 Å². The van der Waals surface area contributed by atoms with Crippen molar-refractivity contribution in [3.8, 4) is 0 Å². The van der Waals surface area contributed by atoms with Gasteiger partial charge in [0.05, 0.1) is 5.71 Å². The van der Waals surface area contributed by atoms with Crippen LogP contribution in [0.15, 0.2) is 5.10 Å². The number of amides is 2. The van der Waals surface area contributed by atoms with E-state index in [1.165, 1.54) is 13.8 Å². The first-order valence-electron chi connectivity index (χ1n) is 3.85. The van der Waals surface area contributed by atoms with Crippen molar-refractivity contribution in [3.05, 3.63) is 0 Å². The van der Waals surface area contributed by atoms with Crippen molar-refractivity contribution in [1.29, 1.82) is 0 Å². The molecule has 0 bridgehead atoms. The first-order chi connectivity index (χ1) is 5.95. The molecule has 0 radical (unpaired) electrons. The second-order valence-corrected chi connectivity index (χ2v) is 2.95. The summed E-state index contributed by atoms with van der Waals surface area (Å²) in [5.74, 6) is -2.15. The van der Waals surface area contributed by atoms with Gasteiger partial charge in [0.15, 0.2) is 0 Å². The van der Waals surface area contributed by atoms with Crippen molar-refractivity contribution < 1.29 is 14.4 Å². The lowest BCUT2D eigenvalue weighted by Crippen LogP contribution is -2.33. The van der Waals surface area contributed by atoms with Crippen LogP contribution in [0.3, 0.4) is 0 Å². The van der Waals surface area contributed by atoms with Gasteiger partial charge in [0.25, 0.3) is 5.91 Å². The fraction of sp³-hybridized carbons (Fsp3) is 0.500. The molecule has 1 heterocycles. The van der Waals surface area contributed by atoms with E-state index in [0.717, 1.165) is 5.01 Å². The zero-order chi connectivity index (χ0) is 10.2. The number of hydrogen-bond acceptors (Lipinski definition) is 4. The Morgan fingerprint density at radius 1 is 1.38 bits per heavy atom. The average molecular weight is 182 g/mol. The van der Waals surface area contributed by atoms with Crippen molar-refractivity contribution in [2.24, 2.45) is 11.0 Å². The van der Waals surface area contributed by atoms with Crippen molar-refractivity contribution in [3.63, 3.8) is 0 Å². The van der Waals surface area contributed by atoms with Gasteiger partial charge in [-0.15, -0.1) is 0 Å². The molecule has 1 aliphatic rings. The summed E-state index contributed by atoms with van der Waals surface area (Å²) in [4.78, 5) is 33.2. The van der Waals surface area contributed by atoms with Crippen LogP contribution in [0.4, 0.5) is 0 Å². The molecule has 0 aliphatic carbocycles. The number of hydrazone groups is 1. The fourth-order valence-electron chi connectivity index (χ4n) is 1.26. The van der Waals surface area contributed by atoms with E-state index < -0.39 is 17.7 Å². The standard InChI is InChI=1S/C8H10N2O3/c1-4-7(5(2)11)8(13)10(9-4)6(3)12/h7H,1-3H3. The molecule has 1 atom stereocenters. The minimum absolute atomic E-state index is 0.282. The third-order valence-electron chi connectivity index (χ3n) is 1.84. The average Bonchev–Trinajstić information content (AvgIpc) is 2.26. The summed E-state index contributed by atoms with van der Waals surface area (Å²) in [6, 6.07) is 0. The Kier molecular flexibility index (Phi) is 2.27. The van der Waals surface area contributed by atoms with Gasteiger partial charge in [-0.25, -0.2) is 0 Å². The lowest BCUT2D eigenvalue weighted by Gasteiger charge is -2.07. The Hall–Kier alpha value is -1.52. The van der Waals surface area contributed by atoms with Crippen LogP contribution in [0.5, 0.6) is 0 Å². The maximum atomic E-state index is 11.4. The molecule has 0 aromatic carbocycles. The van der Waals surface area contributed by atoms with Gasteiger partial charge in [-0.2, -0.15) is 10.1 Å². The molecule has 1 aliphatic heterocycles. The number of carbonyl (C=O) groups is 3. The first kappa shape index (κ1) is 9.57. The molecule has 2 amide bonds. The summed E-state index contributed by atoms with van der Waals surface area (Å²) in [5.41, 5.74) is 0.382. The van der Waals surface area contributed by atoms with Crippen LogP contribution in [-0.4, -0.2) is 28.3 Å². The SMILES string of the molecule is CC(=O)C1C(=O)N(C(C)=O)N=C1C. The highest BCUT2D eigenvalue weighted by molar-refractivity contribution is 6.24. The highest BCUT2D eigenvalue weighted by Crippen LogP contribution is 2.16. The van der Waals surface area contributed by atoms with Crippen LogP contribution in [0.25, 0.3) is 0 Å². The molecule has 1 unspecified atom stereocenters. The zero-order valence-corrected chi connectivity index (χ0v) is 7.70. The third-order valence-corrected chi connectivity index (χ3v) is 1.84. The molecular weight excluding hydrogens is 172 g/mol. The van der Waals surface area contributed by atoms with E-state index in [4.69, 9.17) is 0 Å². The van der Waals surface area contributed by atoms with E-state index in [9.17, 15) is 14.4 Å². The van der Waals surface area contributed by atoms with E-state index in [-0.39, 0.29) is 5.78 Å². The van der Waals surface area contributed by atoms with Crippen molar-refractivity contribution in [2.45, 2.75) is 20.8 Å². The summed E-state index contributed by atoms with van der Waals surface area (Å²) in [6.07, 6.45) is 0. The van der Waals surface area contributed by atoms with Crippen LogP contribution in [0, 0.1) is 5.92 Å². The highest BCUT2D eigenvalue weighted by Gasteiger charge is 2.38. The van der Waals surface area contributed by atoms with E-state index in [2.05, 4.69) is 5.10 Å². The molecule has 5 nitrogen and oxygen atoms in total. The predicted molar refractivity (Wildman–Crippen MR) is 44.8 cm³/mol. The minimum Gasteiger partial charge on any atom is -0.299 e. The number of hydrogen-bond donors (Lipinski definition) is 0. The normalized spacial score (nSPS) is 21.8. The van der Waals surface area contributed by atoms with Crippen molar-refractivity contribution in [1.82, 2.24) is 5.01 Å². The second kappa shape index (κ2) is 3.08. The smallest absolute Gasteiger partial charge is 0.266 e. The lowest BCUT2D eigenvalue weighted by molar-refractivity contribution is -0.144. The predicted octanol–water partition coefficient (Wildman–Crippen LogP) is -0.0438. The number of ketones is 1. The van der Waals surface area contributed by atoms with Crippen LogP contribution >= 0.6 is 0 Å². The monoisotopic (exact) mass is 182 g/mol. The molecule has 0 aromatic rings. The summed E-state index contributed by atoms with van der Waals surface area (Å²) in [5, 5.41) is 4.44. The molecule has 0 saturated heterocycles. The molecule has 0 fully saturated rings. The van der Waals surface area contributed by atoms with Crippen LogP contribution in [0.1, 0.15) is 20.8 Å². The van der Waals surface area contributed by atoms with Gasteiger partial charge in [-0.1, -0.05) is 0 Å². The Bertz CT molecular complexity index is 319. The molecule has 70 valence electrons. The number of carbonyl (C=O) groups excluding carboxylic acids is 3. The maximum Gasteiger partial charge on any atom is 0.266 e. The molecular formula is C8H10N2O3. The van der Waals surface area contributed by atoms with Gasteiger partial charge in [0.1, 0.15) is 11.7 Å². The summed E-state index contributed by atoms with van der Waals surface area (Å²) in [7, 11) is 0. The summed E-state index contributed by atoms with van der Waals surface area (Å²) in [6.45, 7) is 4.11. The molecule has 0 saturated carbocycles. The fourth-order valence-corrected chi connectivity index (χ4v) is 1.26. The number of imide groups is 1. The zero-order valence-electron chi connectivity index (χ0n) is 7.70. The van der Waals surface area contributed by atoms with Gasteiger partial charge in [-0.05, 0) is 13.8 Å². The Labute approximate surface area is 75.4 Å². The Morgan fingerprint density at radius 3 is 2.15 bits per heavy atom. The van der Waals surface area contributed by atoms with Crippen LogP contribution in [-0.2, 0) is 14.4 Å². The van der Waals surface area contributed by atoms with Gasteiger partial charge >= 0.3 is 0 Å². The quantitative estimate of drug-likeness (QED) is 0.534. The van der Waals surface area contributed by atoms with Gasteiger partial charge < -0.3 is 0 Å². The lowest BCUT2D eigenvalue weighted by atomic mass is 10.0. The highest BCUT2D eigenvalue weighted by atomic mass is 16.2.